The average molecular weight is 258 g/mol. The summed E-state index contributed by atoms with van der Waals surface area (Å²) in [5.41, 5.74) is 2.60. The number of esters is 1. The van der Waals surface area contributed by atoms with E-state index in [2.05, 4.69) is 45.0 Å². The topological polar surface area (TPSA) is 26.3 Å². The summed E-state index contributed by atoms with van der Waals surface area (Å²) in [5.74, 6) is -0.310. The lowest BCUT2D eigenvalue weighted by Gasteiger charge is -2.18. The predicted molar refractivity (Wildman–Crippen MR) is 79.9 cm³/mol. The molecule has 1 aromatic carbocycles. The molecule has 0 aromatic heterocycles. The molecule has 2 heteroatoms. The number of carbonyl (C=O) groups is 1. The molecule has 0 heterocycles. The summed E-state index contributed by atoms with van der Waals surface area (Å²) in [6.45, 7) is 8.78. The van der Waals surface area contributed by atoms with Crippen LogP contribution < -0.4 is 0 Å². The number of rotatable bonds is 4. The molecule has 1 rings (SSSR count). The van der Waals surface area contributed by atoms with Crippen molar-refractivity contribution in [1.29, 1.82) is 0 Å². The van der Waals surface area contributed by atoms with Crippen LogP contribution in [0.4, 0.5) is 0 Å². The van der Waals surface area contributed by atoms with Gasteiger partial charge in [-0.2, -0.15) is 0 Å². The Morgan fingerprint density at radius 2 is 1.79 bits per heavy atom. The third-order valence-corrected chi connectivity index (χ3v) is 2.70. The molecule has 0 N–H and O–H groups in total. The van der Waals surface area contributed by atoms with Crippen LogP contribution in [0.2, 0.25) is 0 Å². The van der Waals surface area contributed by atoms with Gasteiger partial charge in [-0.1, -0.05) is 63.3 Å². The zero-order valence-electron chi connectivity index (χ0n) is 12.1. The number of ether oxygens (including phenoxy) is 1. The second kappa shape index (κ2) is 6.93. The van der Waals surface area contributed by atoms with E-state index in [-0.39, 0.29) is 11.4 Å². The minimum absolute atomic E-state index is 0.173. The van der Waals surface area contributed by atoms with Crippen molar-refractivity contribution < 1.29 is 9.53 Å². The van der Waals surface area contributed by atoms with E-state index < -0.39 is 0 Å². The van der Waals surface area contributed by atoms with E-state index in [0.717, 1.165) is 5.56 Å². The van der Waals surface area contributed by atoms with Gasteiger partial charge in [0.05, 0.1) is 6.61 Å². The fraction of sp³-hybridized carbons (Fsp3) is 0.353. The summed E-state index contributed by atoms with van der Waals surface area (Å²) < 4.78 is 4.79. The van der Waals surface area contributed by atoms with Crippen molar-refractivity contribution in [3.8, 4) is 0 Å². The molecule has 0 atom stereocenters. The first-order chi connectivity index (χ1) is 8.93. The molecule has 0 saturated carbocycles. The molecule has 0 radical (unpaired) electrons. The van der Waals surface area contributed by atoms with Crippen LogP contribution in [0.3, 0.4) is 0 Å². The van der Waals surface area contributed by atoms with Gasteiger partial charge >= 0.3 is 5.97 Å². The molecule has 102 valence electrons. The summed E-state index contributed by atoms with van der Waals surface area (Å²) in [4.78, 5) is 11.1. The van der Waals surface area contributed by atoms with Gasteiger partial charge in [0.2, 0.25) is 0 Å². The smallest absolute Gasteiger partial charge is 0.330 e. The number of benzene rings is 1. The largest absolute Gasteiger partial charge is 0.463 e. The summed E-state index contributed by atoms with van der Waals surface area (Å²) in [5, 5.41) is 0. The van der Waals surface area contributed by atoms with Crippen LogP contribution in [-0.2, 0) is 14.9 Å². The van der Waals surface area contributed by atoms with Gasteiger partial charge in [0.25, 0.3) is 0 Å². The number of allylic oxidation sites excluding steroid dienone is 2. The first kappa shape index (κ1) is 15.2. The van der Waals surface area contributed by atoms with E-state index in [1.807, 2.05) is 12.2 Å². The van der Waals surface area contributed by atoms with Crippen molar-refractivity contribution in [2.45, 2.75) is 33.1 Å². The van der Waals surface area contributed by atoms with E-state index in [1.165, 1.54) is 11.6 Å². The van der Waals surface area contributed by atoms with Crippen LogP contribution in [0.5, 0.6) is 0 Å². The van der Waals surface area contributed by atoms with Gasteiger partial charge in [0.1, 0.15) is 0 Å². The van der Waals surface area contributed by atoms with Crippen LogP contribution >= 0.6 is 0 Å². The van der Waals surface area contributed by atoms with Crippen molar-refractivity contribution in [1.82, 2.24) is 0 Å². The van der Waals surface area contributed by atoms with Crippen LogP contribution in [0, 0.1) is 0 Å². The third kappa shape index (κ3) is 5.56. The molecule has 0 amide bonds. The lowest BCUT2D eigenvalue weighted by Crippen LogP contribution is -2.10. The fourth-order valence-electron chi connectivity index (χ4n) is 1.59. The van der Waals surface area contributed by atoms with Crippen LogP contribution in [-0.4, -0.2) is 12.6 Å². The van der Waals surface area contributed by atoms with Gasteiger partial charge in [-0.3, -0.25) is 0 Å². The zero-order chi connectivity index (χ0) is 14.3. The lowest BCUT2D eigenvalue weighted by molar-refractivity contribution is -0.137. The number of hydrogen-bond donors (Lipinski definition) is 0. The average Bonchev–Trinajstić information content (AvgIpc) is 2.34. The van der Waals surface area contributed by atoms with E-state index in [0.29, 0.717) is 6.61 Å². The molecule has 0 spiro atoms. The molecule has 2 nitrogen and oxygen atoms in total. The van der Waals surface area contributed by atoms with Gasteiger partial charge < -0.3 is 4.74 Å². The number of hydrogen-bond acceptors (Lipinski definition) is 2. The Kier molecular flexibility index (Phi) is 5.56. The Labute approximate surface area is 115 Å². The maximum Gasteiger partial charge on any atom is 0.330 e. The standard InChI is InChI=1S/C17H22O2/c1-5-19-16(18)9-7-6-8-14-10-12-15(13-11-14)17(2,3)4/h6-13H,5H2,1-4H3. The molecule has 0 unspecified atom stereocenters. The highest BCUT2D eigenvalue weighted by Crippen LogP contribution is 2.22. The van der Waals surface area contributed by atoms with Crippen molar-refractivity contribution >= 4 is 12.0 Å². The molecule has 0 fully saturated rings. The van der Waals surface area contributed by atoms with Gasteiger partial charge in [0, 0.05) is 6.08 Å². The van der Waals surface area contributed by atoms with Gasteiger partial charge in [-0.25, -0.2) is 4.79 Å². The van der Waals surface area contributed by atoms with Gasteiger partial charge in [0.15, 0.2) is 0 Å². The molecular weight excluding hydrogens is 236 g/mol. The van der Waals surface area contributed by atoms with E-state index in [9.17, 15) is 4.79 Å². The molecule has 1 aromatic rings. The SMILES string of the molecule is CCOC(=O)C=CC=Cc1ccc(C(C)(C)C)cc1. The van der Waals surface area contributed by atoms with Gasteiger partial charge in [-0.05, 0) is 23.5 Å². The highest BCUT2D eigenvalue weighted by Gasteiger charge is 2.12. The lowest BCUT2D eigenvalue weighted by atomic mass is 9.87. The van der Waals surface area contributed by atoms with Crippen molar-refractivity contribution in [2.75, 3.05) is 6.61 Å². The Balaban J connectivity index is 2.61. The molecule has 0 aliphatic carbocycles. The highest BCUT2D eigenvalue weighted by molar-refractivity contribution is 5.82. The van der Waals surface area contributed by atoms with Crippen molar-refractivity contribution in [3.05, 3.63) is 53.6 Å². The predicted octanol–water partition coefficient (Wildman–Crippen LogP) is 4.12. The van der Waals surface area contributed by atoms with Crippen LogP contribution in [0.15, 0.2) is 42.5 Å². The quantitative estimate of drug-likeness (QED) is 0.461. The molecular formula is C17H22O2. The van der Waals surface area contributed by atoms with E-state index in [4.69, 9.17) is 4.74 Å². The second-order valence-corrected chi connectivity index (χ2v) is 5.34. The van der Waals surface area contributed by atoms with Gasteiger partial charge in [-0.15, -0.1) is 0 Å². The normalized spacial score (nSPS) is 12.2. The fourth-order valence-corrected chi connectivity index (χ4v) is 1.59. The minimum atomic E-state index is -0.310. The Morgan fingerprint density at radius 1 is 1.16 bits per heavy atom. The van der Waals surface area contributed by atoms with E-state index in [1.54, 1.807) is 13.0 Å². The minimum Gasteiger partial charge on any atom is -0.463 e. The molecule has 0 bridgehead atoms. The molecule has 0 aliphatic heterocycles. The number of carbonyl (C=O) groups excluding carboxylic acids is 1. The maximum atomic E-state index is 11.1. The Hall–Kier alpha value is -1.83. The van der Waals surface area contributed by atoms with Crippen molar-refractivity contribution in [3.63, 3.8) is 0 Å². The molecule has 19 heavy (non-hydrogen) atoms. The Morgan fingerprint density at radius 3 is 2.32 bits per heavy atom. The first-order valence-corrected chi connectivity index (χ1v) is 6.55. The summed E-state index contributed by atoms with van der Waals surface area (Å²) >= 11 is 0. The summed E-state index contributed by atoms with van der Waals surface area (Å²) in [7, 11) is 0. The first-order valence-electron chi connectivity index (χ1n) is 6.55. The summed E-state index contributed by atoms with van der Waals surface area (Å²) in [6.07, 6.45) is 6.91. The maximum absolute atomic E-state index is 11.1. The zero-order valence-corrected chi connectivity index (χ0v) is 12.1. The van der Waals surface area contributed by atoms with Crippen LogP contribution in [0.25, 0.3) is 6.08 Å². The van der Waals surface area contributed by atoms with Crippen LogP contribution in [0.1, 0.15) is 38.8 Å². The monoisotopic (exact) mass is 258 g/mol. The molecule has 0 saturated heterocycles. The highest BCUT2D eigenvalue weighted by atomic mass is 16.5. The summed E-state index contributed by atoms with van der Waals surface area (Å²) in [6, 6.07) is 8.42. The second-order valence-electron chi connectivity index (χ2n) is 5.34. The van der Waals surface area contributed by atoms with E-state index >= 15 is 0 Å². The molecule has 0 aliphatic rings. The Bertz CT molecular complexity index is 459. The van der Waals surface area contributed by atoms with Crippen molar-refractivity contribution in [2.24, 2.45) is 0 Å². The third-order valence-electron chi connectivity index (χ3n) is 2.70.